The van der Waals surface area contributed by atoms with Crippen LogP contribution in [0.2, 0.25) is 10.0 Å². The van der Waals surface area contributed by atoms with Crippen LogP contribution in [0.25, 0.3) is 5.76 Å². The second-order valence-electron chi connectivity index (χ2n) is 7.26. The first kappa shape index (κ1) is 22.8. The van der Waals surface area contributed by atoms with E-state index in [1.807, 2.05) is 0 Å². The number of Topliss-reactive ketones (excluding diaryl/α,β-unsaturated/α-hetero) is 1. The molecule has 0 bridgehead atoms. The normalized spacial score (nSPS) is 17.5. The Morgan fingerprint density at radius 1 is 1.03 bits per heavy atom. The number of ketones is 1. The van der Waals surface area contributed by atoms with Crippen LogP contribution >= 0.6 is 23.2 Å². The smallest absolute Gasteiger partial charge is 0.300 e. The van der Waals surface area contributed by atoms with Crippen molar-refractivity contribution in [2.45, 2.75) is 13.0 Å². The number of ether oxygens (including phenoxy) is 1. The molecule has 1 aliphatic rings. The number of amides is 1. The van der Waals surface area contributed by atoms with Gasteiger partial charge in [-0.2, -0.15) is 0 Å². The van der Waals surface area contributed by atoms with Crippen molar-refractivity contribution in [3.8, 4) is 5.75 Å². The highest BCUT2D eigenvalue weighted by Crippen LogP contribution is 2.43. The van der Waals surface area contributed by atoms with E-state index in [0.29, 0.717) is 22.9 Å². The van der Waals surface area contributed by atoms with Crippen LogP contribution in [-0.2, 0) is 9.59 Å². The third kappa shape index (κ3) is 4.19. The number of hydrogen-bond acceptors (Lipinski definition) is 4. The van der Waals surface area contributed by atoms with Crippen LogP contribution in [0.15, 0.2) is 72.3 Å². The Morgan fingerprint density at radius 2 is 1.76 bits per heavy atom. The highest BCUT2D eigenvalue weighted by atomic mass is 35.5. The number of carbonyl (C=O) groups is 2. The van der Waals surface area contributed by atoms with Crippen LogP contribution in [0.3, 0.4) is 0 Å². The van der Waals surface area contributed by atoms with Crippen LogP contribution < -0.4 is 9.64 Å². The molecule has 0 aliphatic carbocycles. The molecule has 33 heavy (non-hydrogen) atoms. The molecule has 1 amide bonds. The van der Waals surface area contributed by atoms with Crippen molar-refractivity contribution < 1.29 is 23.8 Å². The van der Waals surface area contributed by atoms with E-state index in [-0.39, 0.29) is 27.6 Å². The van der Waals surface area contributed by atoms with Gasteiger partial charge < -0.3 is 9.84 Å². The van der Waals surface area contributed by atoms with E-state index < -0.39 is 23.5 Å². The van der Waals surface area contributed by atoms with Crippen molar-refractivity contribution in [1.29, 1.82) is 0 Å². The number of aliphatic hydroxyl groups excluding tert-OH is 1. The molecule has 1 unspecified atom stereocenters. The fraction of sp³-hybridized carbons (Fsp3) is 0.120. The highest BCUT2D eigenvalue weighted by Gasteiger charge is 2.47. The minimum atomic E-state index is -0.959. The van der Waals surface area contributed by atoms with Crippen LogP contribution in [-0.4, -0.2) is 23.4 Å². The average molecular weight is 486 g/mol. The zero-order valence-corrected chi connectivity index (χ0v) is 18.9. The van der Waals surface area contributed by atoms with Gasteiger partial charge in [0.15, 0.2) is 0 Å². The number of halogens is 3. The fourth-order valence-corrected chi connectivity index (χ4v) is 4.10. The second kappa shape index (κ2) is 9.25. The summed E-state index contributed by atoms with van der Waals surface area (Å²) in [7, 11) is 0. The fourth-order valence-electron chi connectivity index (χ4n) is 3.76. The Balaban J connectivity index is 1.93. The molecule has 3 aromatic carbocycles. The summed E-state index contributed by atoms with van der Waals surface area (Å²) in [6, 6.07) is 16.1. The molecule has 0 radical (unpaired) electrons. The molecule has 0 spiro atoms. The van der Waals surface area contributed by atoms with E-state index in [4.69, 9.17) is 27.9 Å². The van der Waals surface area contributed by atoms with E-state index in [2.05, 4.69) is 0 Å². The molecule has 1 saturated heterocycles. The number of benzene rings is 3. The van der Waals surface area contributed by atoms with Crippen molar-refractivity contribution in [2.24, 2.45) is 0 Å². The molecule has 1 aliphatic heterocycles. The van der Waals surface area contributed by atoms with Gasteiger partial charge in [-0.15, -0.1) is 0 Å². The van der Waals surface area contributed by atoms with Gasteiger partial charge in [0.25, 0.3) is 11.7 Å². The summed E-state index contributed by atoms with van der Waals surface area (Å²) in [6.45, 7) is 2.14. The Kier molecular flexibility index (Phi) is 6.40. The third-order valence-corrected chi connectivity index (χ3v) is 5.85. The van der Waals surface area contributed by atoms with Crippen LogP contribution in [0, 0.1) is 5.82 Å². The third-order valence-electron chi connectivity index (χ3n) is 5.25. The number of rotatable bonds is 5. The number of nitrogens with zero attached hydrogens (tertiary/aromatic N) is 1. The molecule has 1 N–H and O–H groups in total. The van der Waals surface area contributed by atoms with Gasteiger partial charge in [-0.05, 0) is 48.9 Å². The molecule has 8 heteroatoms. The summed E-state index contributed by atoms with van der Waals surface area (Å²) in [4.78, 5) is 27.4. The molecule has 1 heterocycles. The first-order valence-corrected chi connectivity index (χ1v) is 10.8. The number of hydrogen-bond donors (Lipinski definition) is 1. The van der Waals surface area contributed by atoms with Gasteiger partial charge in [-0.1, -0.05) is 53.5 Å². The first-order chi connectivity index (χ1) is 15.8. The maximum Gasteiger partial charge on any atom is 0.300 e. The molecule has 1 atom stereocenters. The molecule has 1 fully saturated rings. The predicted octanol–water partition coefficient (Wildman–Crippen LogP) is 6.16. The van der Waals surface area contributed by atoms with Gasteiger partial charge in [-0.3, -0.25) is 14.5 Å². The van der Waals surface area contributed by atoms with Gasteiger partial charge in [0.1, 0.15) is 17.3 Å². The minimum absolute atomic E-state index is 0.114. The van der Waals surface area contributed by atoms with Gasteiger partial charge in [0.2, 0.25) is 0 Å². The van der Waals surface area contributed by atoms with Crippen molar-refractivity contribution in [3.05, 3.63) is 99.3 Å². The summed E-state index contributed by atoms with van der Waals surface area (Å²) < 4.78 is 19.3. The molecule has 5 nitrogen and oxygen atoms in total. The molecule has 168 valence electrons. The number of carbonyl (C=O) groups excluding carboxylic acids is 2. The highest BCUT2D eigenvalue weighted by molar-refractivity contribution is 6.51. The Labute approximate surface area is 199 Å². The van der Waals surface area contributed by atoms with Gasteiger partial charge in [-0.25, -0.2) is 4.39 Å². The van der Waals surface area contributed by atoms with E-state index in [1.54, 1.807) is 37.3 Å². The first-order valence-electron chi connectivity index (χ1n) is 10.1. The lowest BCUT2D eigenvalue weighted by Gasteiger charge is -2.25. The molecular weight excluding hydrogens is 468 g/mol. The SMILES string of the molecule is CCOc1cc(/C(O)=C2\C(=O)C(=O)N(c3ccc(F)c(Cl)c3)C2c2ccccc2)ccc1Cl. The Bertz CT molecular complexity index is 1280. The van der Waals surface area contributed by atoms with Crippen molar-refractivity contribution in [3.63, 3.8) is 0 Å². The van der Waals surface area contributed by atoms with Crippen LogP contribution in [0.5, 0.6) is 5.75 Å². The van der Waals surface area contributed by atoms with E-state index >= 15 is 0 Å². The van der Waals surface area contributed by atoms with Crippen LogP contribution in [0.4, 0.5) is 10.1 Å². The van der Waals surface area contributed by atoms with E-state index in [1.165, 1.54) is 35.2 Å². The van der Waals surface area contributed by atoms with Crippen LogP contribution in [0.1, 0.15) is 24.1 Å². The lowest BCUT2D eigenvalue weighted by molar-refractivity contribution is -0.132. The summed E-state index contributed by atoms with van der Waals surface area (Å²) in [5, 5.41) is 11.3. The topological polar surface area (TPSA) is 66.8 Å². The molecule has 0 aromatic heterocycles. The number of aliphatic hydroxyl groups is 1. The molecule has 4 rings (SSSR count). The zero-order chi connectivity index (χ0) is 23.7. The lowest BCUT2D eigenvalue weighted by atomic mass is 9.95. The largest absolute Gasteiger partial charge is 0.507 e. The summed E-state index contributed by atoms with van der Waals surface area (Å²) in [5.74, 6) is -2.45. The van der Waals surface area contributed by atoms with Gasteiger partial charge in [0, 0.05) is 11.3 Å². The van der Waals surface area contributed by atoms with Crippen molar-refractivity contribution >= 4 is 46.3 Å². The monoisotopic (exact) mass is 485 g/mol. The van der Waals surface area contributed by atoms with Crippen molar-refractivity contribution in [2.75, 3.05) is 11.5 Å². The Hall–Kier alpha value is -3.35. The summed E-state index contributed by atoms with van der Waals surface area (Å²) in [6.07, 6.45) is 0. The lowest BCUT2D eigenvalue weighted by Crippen LogP contribution is -2.29. The quantitative estimate of drug-likeness (QED) is 0.267. The molecular formula is C25H18Cl2FNO4. The van der Waals surface area contributed by atoms with E-state index in [0.717, 1.165) is 6.07 Å². The van der Waals surface area contributed by atoms with E-state index in [9.17, 15) is 19.1 Å². The maximum absolute atomic E-state index is 13.8. The Morgan fingerprint density at radius 3 is 2.42 bits per heavy atom. The van der Waals surface area contributed by atoms with Crippen molar-refractivity contribution in [1.82, 2.24) is 0 Å². The molecule has 3 aromatic rings. The molecule has 0 saturated carbocycles. The maximum atomic E-state index is 13.8. The zero-order valence-electron chi connectivity index (χ0n) is 17.4. The summed E-state index contributed by atoms with van der Waals surface area (Å²) >= 11 is 12.1. The standard InChI is InChI=1S/C25H18Cl2FNO4/c1-2-33-20-12-15(8-10-17(20)26)23(30)21-22(14-6-4-3-5-7-14)29(25(32)24(21)31)16-9-11-19(28)18(27)13-16/h3-13,22,30H,2H2,1H3/b23-21+. The minimum Gasteiger partial charge on any atom is -0.507 e. The average Bonchev–Trinajstić information content (AvgIpc) is 3.08. The second-order valence-corrected chi connectivity index (χ2v) is 8.07. The predicted molar refractivity (Wildman–Crippen MR) is 125 cm³/mol. The summed E-state index contributed by atoms with van der Waals surface area (Å²) in [5.41, 5.74) is 0.954. The van der Waals surface area contributed by atoms with Gasteiger partial charge >= 0.3 is 0 Å². The van der Waals surface area contributed by atoms with Gasteiger partial charge in [0.05, 0.1) is 28.3 Å². The number of anilines is 1.